The van der Waals surface area contributed by atoms with Gasteiger partial charge in [-0.1, -0.05) is 44.2 Å². The van der Waals surface area contributed by atoms with Gasteiger partial charge in [0.15, 0.2) is 0 Å². The van der Waals surface area contributed by atoms with Crippen LogP contribution in [0.25, 0.3) is 0 Å². The third-order valence-corrected chi connectivity index (χ3v) is 4.50. The van der Waals surface area contributed by atoms with Crippen LogP contribution in [0.15, 0.2) is 30.3 Å². The van der Waals surface area contributed by atoms with Crippen molar-refractivity contribution in [3.8, 4) is 0 Å². The van der Waals surface area contributed by atoms with Gasteiger partial charge >= 0.3 is 6.09 Å². The molecule has 9 nitrogen and oxygen atoms in total. The van der Waals surface area contributed by atoms with E-state index in [-0.39, 0.29) is 25.7 Å². The van der Waals surface area contributed by atoms with Crippen LogP contribution in [0, 0.1) is 5.92 Å². The molecule has 0 spiro atoms. The average Bonchev–Trinajstić information content (AvgIpc) is 2.79. The minimum atomic E-state index is -0.976. The lowest BCUT2D eigenvalue weighted by Gasteiger charge is -2.23. The van der Waals surface area contributed by atoms with E-state index >= 15 is 0 Å². The maximum Gasteiger partial charge on any atom is 0.408 e. The lowest BCUT2D eigenvalue weighted by Crippen LogP contribution is -2.54. The van der Waals surface area contributed by atoms with Crippen LogP contribution in [-0.4, -0.2) is 49.1 Å². The Labute approximate surface area is 175 Å². The van der Waals surface area contributed by atoms with Crippen molar-refractivity contribution in [1.29, 1.82) is 0 Å². The summed E-state index contributed by atoms with van der Waals surface area (Å²) in [6.07, 6.45) is 0.395. The number of carbonyl (C=O) groups excluding carboxylic acids is 4. The molecule has 1 heterocycles. The van der Waals surface area contributed by atoms with Gasteiger partial charge in [0.2, 0.25) is 11.7 Å². The second-order valence-electron chi connectivity index (χ2n) is 7.51. The van der Waals surface area contributed by atoms with E-state index in [1.165, 1.54) is 0 Å². The fourth-order valence-electron chi connectivity index (χ4n) is 2.97. The van der Waals surface area contributed by atoms with E-state index in [0.29, 0.717) is 19.4 Å². The number of Topliss-reactive ketones (excluding diaryl/α,β-unsaturated/α-hetero) is 1. The lowest BCUT2D eigenvalue weighted by atomic mass is 10.0. The van der Waals surface area contributed by atoms with E-state index in [2.05, 4.69) is 16.0 Å². The molecule has 0 bridgehead atoms. The summed E-state index contributed by atoms with van der Waals surface area (Å²) in [6.45, 7) is 4.21. The fourth-order valence-corrected chi connectivity index (χ4v) is 2.97. The normalized spacial score (nSPS) is 18.4. The summed E-state index contributed by atoms with van der Waals surface area (Å²) in [5.74, 6) is -1.98. The van der Waals surface area contributed by atoms with Gasteiger partial charge in [-0.05, 0) is 30.7 Å². The third-order valence-electron chi connectivity index (χ3n) is 4.50. The highest BCUT2D eigenvalue weighted by Gasteiger charge is 2.31. The van der Waals surface area contributed by atoms with Crippen molar-refractivity contribution in [3.63, 3.8) is 0 Å². The number of rotatable bonds is 7. The minimum absolute atomic E-state index is 0.0456. The number of hydrogen-bond donors (Lipinski definition) is 3. The first-order chi connectivity index (χ1) is 14.4. The molecular weight excluding hydrogens is 390 g/mol. The van der Waals surface area contributed by atoms with Crippen molar-refractivity contribution in [2.24, 2.45) is 5.92 Å². The van der Waals surface area contributed by atoms with E-state index in [4.69, 9.17) is 9.47 Å². The number of hydrogen-bond acceptors (Lipinski definition) is 6. The number of ketones is 1. The molecule has 2 atom stereocenters. The average molecular weight is 419 g/mol. The smallest absolute Gasteiger partial charge is 0.408 e. The molecule has 1 aliphatic heterocycles. The van der Waals surface area contributed by atoms with Gasteiger partial charge < -0.3 is 25.4 Å². The van der Waals surface area contributed by atoms with E-state index in [0.717, 1.165) is 5.56 Å². The highest BCUT2D eigenvalue weighted by atomic mass is 16.5. The van der Waals surface area contributed by atoms with Crippen LogP contribution in [-0.2, 0) is 30.5 Å². The molecular formula is C21H29N3O6. The number of carbonyl (C=O) groups is 4. The zero-order valence-electron chi connectivity index (χ0n) is 17.3. The van der Waals surface area contributed by atoms with Crippen molar-refractivity contribution in [1.82, 2.24) is 16.0 Å². The topological polar surface area (TPSA) is 123 Å². The highest BCUT2D eigenvalue weighted by molar-refractivity contribution is 6.38. The van der Waals surface area contributed by atoms with E-state index in [1.807, 2.05) is 44.2 Å². The molecule has 9 heteroatoms. The Balaban J connectivity index is 1.98. The first kappa shape index (κ1) is 23.3. The standard InChI is InChI=1S/C21H29N3O6/c1-14(2)11-17(24-21(28)30-12-15-7-4-3-5-8-15)19(26)23-16-9-6-10-29-13-22-20(27)18(16)25/h3-5,7-8,14,16-17H,6,9-13H2,1-2H3,(H,22,27)(H,23,26)(H,24,28). The molecule has 3 amide bonds. The summed E-state index contributed by atoms with van der Waals surface area (Å²) in [6, 6.07) is 7.30. The van der Waals surface area contributed by atoms with Crippen LogP contribution in [0.4, 0.5) is 4.79 Å². The predicted octanol–water partition coefficient (Wildman–Crippen LogP) is 1.27. The fraction of sp³-hybridized carbons (Fsp3) is 0.524. The largest absolute Gasteiger partial charge is 0.445 e. The van der Waals surface area contributed by atoms with Crippen molar-refractivity contribution < 1.29 is 28.7 Å². The van der Waals surface area contributed by atoms with E-state index < -0.39 is 35.8 Å². The van der Waals surface area contributed by atoms with Crippen LogP contribution in [0.3, 0.4) is 0 Å². The van der Waals surface area contributed by atoms with Gasteiger partial charge in [-0.25, -0.2) is 4.79 Å². The Hall–Kier alpha value is -2.94. The molecule has 0 aliphatic carbocycles. The van der Waals surface area contributed by atoms with E-state index in [1.54, 1.807) is 0 Å². The van der Waals surface area contributed by atoms with Gasteiger partial charge in [0.1, 0.15) is 19.4 Å². The number of alkyl carbamates (subject to hydrolysis) is 1. The van der Waals surface area contributed by atoms with Crippen LogP contribution in [0.1, 0.15) is 38.7 Å². The van der Waals surface area contributed by atoms with E-state index in [9.17, 15) is 19.2 Å². The van der Waals surface area contributed by atoms with Gasteiger partial charge in [-0.3, -0.25) is 14.4 Å². The molecule has 3 N–H and O–H groups in total. The summed E-state index contributed by atoms with van der Waals surface area (Å²) in [4.78, 5) is 49.2. The van der Waals surface area contributed by atoms with Crippen LogP contribution in [0.5, 0.6) is 0 Å². The Morgan fingerprint density at radius 3 is 2.67 bits per heavy atom. The summed E-state index contributed by atoms with van der Waals surface area (Å²) >= 11 is 0. The zero-order valence-corrected chi connectivity index (χ0v) is 17.3. The van der Waals surface area contributed by atoms with Crippen molar-refractivity contribution in [2.75, 3.05) is 13.3 Å². The summed E-state index contributed by atoms with van der Waals surface area (Å²) in [5.41, 5.74) is 0.821. The maximum absolute atomic E-state index is 12.8. The number of benzene rings is 1. The van der Waals surface area contributed by atoms with Crippen molar-refractivity contribution >= 4 is 23.7 Å². The number of amides is 3. The predicted molar refractivity (Wildman–Crippen MR) is 108 cm³/mol. The maximum atomic E-state index is 12.8. The summed E-state index contributed by atoms with van der Waals surface area (Å²) in [7, 11) is 0. The Bertz CT molecular complexity index is 738. The highest BCUT2D eigenvalue weighted by Crippen LogP contribution is 2.09. The van der Waals surface area contributed by atoms with Crippen LogP contribution in [0.2, 0.25) is 0 Å². The molecule has 0 radical (unpaired) electrons. The molecule has 1 aliphatic rings. The summed E-state index contributed by atoms with van der Waals surface area (Å²) in [5, 5.41) is 7.52. The number of nitrogens with one attached hydrogen (secondary N) is 3. The van der Waals surface area contributed by atoms with Gasteiger partial charge in [0.25, 0.3) is 5.91 Å². The SMILES string of the molecule is CC(C)CC(NC(=O)OCc1ccccc1)C(=O)NC1CCCOCNC(=O)C1=O. The molecule has 30 heavy (non-hydrogen) atoms. The van der Waals surface area contributed by atoms with Crippen LogP contribution < -0.4 is 16.0 Å². The Morgan fingerprint density at radius 1 is 1.23 bits per heavy atom. The quantitative estimate of drug-likeness (QED) is 0.572. The molecule has 1 aromatic rings. The molecule has 0 aromatic heterocycles. The molecule has 1 fully saturated rings. The van der Waals surface area contributed by atoms with Crippen molar-refractivity contribution in [2.45, 2.75) is 51.8 Å². The molecule has 0 saturated carbocycles. The lowest BCUT2D eigenvalue weighted by molar-refractivity contribution is -0.140. The Morgan fingerprint density at radius 2 is 1.97 bits per heavy atom. The zero-order chi connectivity index (χ0) is 21.9. The molecule has 1 saturated heterocycles. The number of ether oxygens (including phenoxy) is 2. The molecule has 2 rings (SSSR count). The molecule has 1 aromatic carbocycles. The minimum Gasteiger partial charge on any atom is -0.445 e. The first-order valence-corrected chi connectivity index (χ1v) is 10.0. The second-order valence-corrected chi connectivity index (χ2v) is 7.51. The Kier molecular flexibility index (Phi) is 9.27. The van der Waals surface area contributed by atoms with Gasteiger partial charge in [0, 0.05) is 6.61 Å². The molecule has 164 valence electrons. The van der Waals surface area contributed by atoms with Crippen LogP contribution >= 0.6 is 0 Å². The molecule has 2 unspecified atom stereocenters. The monoisotopic (exact) mass is 419 g/mol. The van der Waals surface area contributed by atoms with Gasteiger partial charge in [-0.15, -0.1) is 0 Å². The van der Waals surface area contributed by atoms with Gasteiger partial charge in [-0.2, -0.15) is 0 Å². The first-order valence-electron chi connectivity index (χ1n) is 10.0. The van der Waals surface area contributed by atoms with Crippen molar-refractivity contribution in [3.05, 3.63) is 35.9 Å². The summed E-state index contributed by atoms with van der Waals surface area (Å²) < 4.78 is 10.4. The van der Waals surface area contributed by atoms with Gasteiger partial charge in [0.05, 0.1) is 6.04 Å². The third kappa shape index (κ3) is 7.82. The second kappa shape index (κ2) is 11.9.